The van der Waals surface area contributed by atoms with Crippen LogP contribution in [0.2, 0.25) is 0 Å². The number of nitrogens with zero attached hydrogens (tertiary/aromatic N) is 1. The molecule has 8 heteroatoms. The van der Waals surface area contributed by atoms with Crippen LogP contribution in [0.1, 0.15) is 15.9 Å². The van der Waals surface area contributed by atoms with E-state index in [1.165, 1.54) is 37.1 Å². The number of esters is 1. The van der Waals surface area contributed by atoms with Gasteiger partial charge in [-0.2, -0.15) is 0 Å². The summed E-state index contributed by atoms with van der Waals surface area (Å²) in [7, 11) is 1.32. The maximum absolute atomic E-state index is 11.9. The summed E-state index contributed by atoms with van der Waals surface area (Å²) in [6, 6.07) is 12.8. The van der Waals surface area contributed by atoms with Gasteiger partial charge in [0, 0.05) is 23.6 Å². The number of ether oxygens (including phenoxy) is 1. The number of hydrogen-bond acceptors (Lipinski definition) is 6. The Morgan fingerprint density at radius 1 is 1.20 bits per heavy atom. The molecule has 0 spiro atoms. The van der Waals surface area contributed by atoms with Crippen molar-refractivity contribution in [2.75, 3.05) is 18.2 Å². The number of rotatable bonds is 7. The maximum atomic E-state index is 11.9. The molecule has 0 unspecified atom stereocenters. The summed E-state index contributed by atoms with van der Waals surface area (Å²) in [4.78, 5) is 33.6. The summed E-state index contributed by atoms with van der Waals surface area (Å²) < 4.78 is 4.67. The SMILES string of the molecule is COC(=O)c1cccc(CSCC(=O)Nc2cccc([N+](=O)[O-])c2)c1. The van der Waals surface area contributed by atoms with E-state index in [1.54, 1.807) is 24.3 Å². The molecule has 2 aromatic carbocycles. The third-order valence-corrected chi connectivity index (χ3v) is 4.19. The molecular formula is C17H16N2O5S. The van der Waals surface area contributed by atoms with Crippen LogP contribution in [0.25, 0.3) is 0 Å². The summed E-state index contributed by atoms with van der Waals surface area (Å²) >= 11 is 1.37. The normalized spacial score (nSPS) is 10.1. The van der Waals surface area contributed by atoms with Crippen molar-refractivity contribution in [3.63, 3.8) is 0 Å². The van der Waals surface area contributed by atoms with Crippen LogP contribution in [-0.4, -0.2) is 29.7 Å². The molecule has 0 aromatic heterocycles. The molecule has 0 heterocycles. The van der Waals surface area contributed by atoms with Crippen LogP contribution >= 0.6 is 11.8 Å². The fourth-order valence-corrected chi connectivity index (χ4v) is 2.84. The van der Waals surface area contributed by atoms with Crippen molar-refractivity contribution in [3.8, 4) is 0 Å². The molecule has 0 aliphatic heterocycles. The number of nitro groups is 1. The van der Waals surface area contributed by atoms with Gasteiger partial charge in [0.2, 0.25) is 5.91 Å². The Balaban J connectivity index is 1.85. The monoisotopic (exact) mass is 360 g/mol. The van der Waals surface area contributed by atoms with Gasteiger partial charge in [0.1, 0.15) is 0 Å². The highest BCUT2D eigenvalue weighted by atomic mass is 32.2. The minimum atomic E-state index is -0.515. The van der Waals surface area contributed by atoms with Crippen molar-refractivity contribution < 1.29 is 19.2 Å². The number of thioether (sulfide) groups is 1. The highest BCUT2D eigenvalue weighted by Gasteiger charge is 2.09. The number of nitrogens with one attached hydrogen (secondary N) is 1. The number of carbonyl (C=O) groups is 2. The topological polar surface area (TPSA) is 98.5 Å². The van der Waals surface area contributed by atoms with Crippen LogP contribution in [0.3, 0.4) is 0 Å². The first-order valence-corrected chi connectivity index (χ1v) is 8.44. The van der Waals surface area contributed by atoms with Gasteiger partial charge in [-0.15, -0.1) is 11.8 Å². The molecule has 0 aliphatic rings. The number of methoxy groups -OCH3 is 1. The summed E-state index contributed by atoms with van der Waals surface area (Å²) in [5, 5.41) is 13.3. The van der Waals surface area contributed by atoms with Crippen LogP contribution in [0.4, 0.5) is 11.4 Å². The molecule has 0 fully saturated rings. The quantitative estimate of drug-likeness (QED) is 0.462. The van der Waals surface area contributed by atoms with E-state index in [0.717, 1.165) is 5.56 Å². The molecule has 0 atom stereocenters. The first-order valence-electron chi connectivity index (χ1n) is 7.29. The highest BCUT2D eigenvalue weighted by molar-refractivity contribution is 7.99. The molecule has 0 aliphatic carbocycles. The maximum Gasteiger partial charge on any atom is 0.337 e. The molecule has 0 saturated carbocycles. The molecular weight excluding hydrogens is 344 g/mol. The third kappa shape index (κ3) is 5.61. The van der Waals surface area contributed by atoms with Gasteiger partial charge in [-0.05, 0) is 23.8 Å². The van der Waals surface area contributed by atoms with E-state index in [9.17, 15) is 19.7 Å². The second-order valence-corrected chi connectivity index (χ2v) is 6.03. The lowest BCUT2D eigenvalue weighted by Gasteiger charge is -2.06. The molecule has 25 heavy (non-hydrogen) atoms. The Hall–Kier alpha value is -2.87. The van der Waals surface area contributed by atoms with Crippen LogP contribution in [0.15, 0.2) is 48.5 Å². The molecule has 7 nitrogen and oxygen atoms in total. The zero-order chi connectivity index (χ0) is 18.2. The predicted octanol–water partition coefficient (Wildman–Crippen LogP) is 3.25. The lowest BCUT2D eigenvalue weighted by molar-refractivity contribution is -0.384. The third-order valence-electron chi connectivity index (χ3n) is 3.19. The van der Waals surface area contributed by atoms with Crippen molar-refractivity contribution >= 4 is 35.0 Å². The van der Waals surface area contributed by atoms with Gasteiger partial charge >= 0.3 is 5.97 Å². The molecule has 130 valence electrons. The molecule has 1 amide bonds. The molecule has 1 N–H and O–H groups in total. The van der Waals surface area contributed by atoms with Gasteiger partial charge in [-0.1, -0.05) is 18.2 Å². The summed E-state index contributed by atoms with van der Waals surface area (Å²) in [5.41, 5.74) is 1.66. The van der Waals surface area contributed by atoms with Gasteiger partial charge in [0.25, 0.3) is 5.69 Å². The van der Waals surface area contributed by atoms with Crippen LogP contribution in [-0.2, 0) is 15.3 Å². The first kappa shape index (κ1) is 18.5. The number of carbonyl (C=O) groups excluding carboxylic acids is 2. The van der Waals surface area contributed by atoms with Gasteiger partial charge in [-0.25, -0.2) is 4.79 Å². The van der Waals surface area contributed by atoms with Gasteiger partial charge in [0.05, 0.1) is 23.3 Å². The zero-order valence-corrected chi connectivity index (χ0v) is 14.2. The summed E-state index contributed by atoms with van der Waals surface area (Å²) in [6.07, 6.45) is 0. The van der Waals surface area contributed by atoms with E-state index in [4.69, 9.17) is 0 Å². The largest absolute Gasteiger partial charge is 0.465 e. The van der Waals surface area contributed by atoms with Crippen molar-refractivity contribution in [3.05, 3.63) is 69.8 Å². The average molecular weight is 360 g/mol. The van der Waals surface area contributed by atoms with Crippen LogP contribution < -0.4 is 5.32 Å². The first-order chi connectivity index (χ1) is 12.0. The number of nitro benzene ring substituents is 1. The molecule has 2 aromatic rings. The smallest absolute Gasteiger partial charge is 0.337 e. The van der Waals surface area contributed by atoms with E-state index in [-0.39, 0.29) is 17.3 Å². The molecule has 0 radical (unpaired) electrons. The Bertz CT molecular complexity index is 794. The summed E-state index contributed by atoms with van der Waals surface area (Å²) in [5.74, 6) is 0.0723. The Kier molecular flexibility index (Phi) is 6.53. The molecule has 0 bridgehead atoms. The second kappa shape index (κ2) is 8.84. The van der Waals surface area contributed by atoms with Gasteiger partial charge in [0.15, 0.2) is 0 Å². The number of amides is 1. The Morgan fingerprint density at radius 2 is 1.96 bits per heavy atom. The minimum Gasteiger partial charge on any atom is -0.465 e. The van der Waals surface area contributed by atoms with Crippen molar-refractivity contribution in [1.82, 2.24) is 0 Å². The fourth-order valence-electron chi connectivity index (χ4n) is 2.06. The fraction of sp³-hybridized carbons (Fsp3) is 0.176. The molecule has 0 saturated heterocycles. The Morgan fingerprint density at radius 3 is 2.68 bits per heavy atom. The van der Waals surface area contributed by atoms with E-state index >= 15 is 0 Å². The average Bonchev–Trinajstić information content (AvgIpc) is 2.61. The Labute approximate surface area is 148 Å². The highest BCUT2D eigenvalue weighted by Crippen LogP contribution is 2.18. The standard InChI is InChI=1S/C17H16N2O5S/c1-24-17(21)13-5-2-4-12(8-13)10-25-11-16(20)18-14-6-3-7-15(9-14)19(22)23/h2-9H,10-11H2,1H3,(H,18,20). The lowest BCUT2D eigenvalue weighted by atomic mass is 10.1. The van der Waals surface area contributed by atoms with E-state index < -0.39 is 10.9 Å². The van der Waals surface area contributed by atoms with E-state index in [0.29, 0.717) is 17.0 Å². The van der Waals surface area contributed by atoms with Crippen molar-refractivity contribution in [2.24, 2.45) is 0 Å². The zero-order valence-electron chi connectivity index (χ0n) is 13.4. The lowest BCUT2D eigenvalue weighted by Crippen LogP contribution is -2.14. The van der Waals surface area contributed by atoms with Crippen LogP contribution in [0.5, 0.6) is 0 Å². The second-order valence-electron chi connectivity index (χ2n) is 5.04. The van der Waals surface area contributed by atoms with E-state index in [1.807, 2.05) is 6.07 Å². The number of non-ortho nitro benzene ring substituents is 1. The van der Waals surface area contributed by atoms with Gasteiger partial charge < -0.3 is 10.1 Å². The van der Waals surface area contributed by atoms with Gasteiger partial charge in [-0.3, -0.25) is 14.9 Å². The van der Waals surface area contributed by atoms with Crippen molar-refractivity contribution in [1.29, 1.82) is 0 Å². The van der Waals surface area contributed by atoms with Crippen LogP contribution in [0, 0.1) is 10.1 Å². The summed E-state index contributed by atoms with van der Waals surface area (Å²) in [6.45, 7) is 0. The minimum absolute atomic E-state index is 0.0786. The van der Waals surface area contributed by atoms with E-state index in [2.05, 4.69) is 10.1 Å². The number of anilines is 1. The van der Waals surface area contributed by atoms with Crippen molar-refractivity contribution in [2.45, 2.75) is 5.75 Å². The number of hydrogen-bond donors (Lipinski definition) is 1. The predicted molar refractivity (Wildman–Crippen MR) is 95.7 cm³/mol. The molecule has 2 rings (SSSR count). The number of benzene rings is 2.